The Morgan fingerprint density at radius 2 is 1.78 bits per heavy atom. The van der Waals surface area contributed by atoms with Gasteiger partial charge in [0, 0.05) is 0 Å². The van der Waals surface area contributed by atoms with Gasteiger partial charge in [0.25, 0.3) is 0 Å². The Morgan fingerprint density at radius 3 is 2.39 bits per heavy atom. The van der Waals surface area contributed by atoms with Crippen LogP contribution in [-0.2, 0) is 11.2 Å². The number of hydrogen-bond donors (Lipinski definition) is 0. The lowest BCUT2D eigenvalue weighted by Gasteiger charge is -2.21. The average Bonchev–Trinajstić information content (AvgIpc) is 2.35. The third-order valence-corrected chi connectivity index (χ3v) is 3.34. The van der Waals surface area contributed by atoms with Crippen molar-refractivity contribution in [2.75, 3.05) is 14.1 Å². The highest BCUT2D eigenvalue weighted by Crippen LogP contribution is 2.17. The van der Waals surface area contributed by atoms with E-state index < -0.39 is 0 Å². The standard InChI is InChI=1S/C16H19NO/c1-12(18)16(17(2)3)11-13-8-9-14-6-4-5-7-15(14)10-13/h4-10,16H,11H2,1-3H3. The molecule has 0 radical (unpaired) electrons. The van der Waals surface area contributed by atoms with E-state index in [9.17, 15) is 4.79 Å². The van der Waals surface area contributed by atoms with E-state index in [1.807, 2.05) is 31.1 Å². The molecule has 18 heavy (non-hydrogen) atoms. The van der Waals surface area contributed by atoms with Gasteiger partial charge in [-0.25, -0.2) is 0 Å². The van der Waals surface area contributed by atoms with Gasteiger partial charge in [-0.2, -0.15) is 0 Å². The largest absolute Gasteiger partial charge is 0.299 e. The second-order valence-corrected chi connectivity index (χ2v) is 4.98. The highest BCUT2D eigenvalue weighted by molar-refractivity contribution is 5.84. The molecule has 0 amide bonds. The second-order valence-electron chi connectivity index (χ2n) is 4.98. The maximum atomic E-state index is 11.6. The number of rotatable bonds is 4. The van der Waals surface area contributed by atoms with Crippen LogP contribution in [0, 0.1) is 0 Å². The number of Topliss-reactive ketones (excluding diaryl/α,β-unsaturated/α-hetero) is 1. The van der Waals surface area contributed by atoms with Crippen LogP contribution < -0.4 is 0 Å². The van der Waals surface area contributed by atoms with E-state index >= 15 is 0 Å². The van der Waals surface area contributed by atoms with Crippen molar-refractivity contribution < 1.29 is 4.79 Å². The van der Waals surface area contributed by atoms with Crippen molar-refractivity contribution in [1.82, 2.24) is 4.90 Å². The lowest BCUT2D eigenvalue weighted by molar-refractivity contribution is -0.121. The number of ketones is 1. The molecule has 0 aliphatic heterocycles. The first kappa shape index (κ1) is 12.8. The number of likely N-dealkylation sites (N-methyl/N-ethyl adjacent to an activating group) is 1. The topological polar surface area (TPSA) is 20.3 Å². The fraction of sp³-hybridized carbons (Fsp3) is 0.312. The normalized spacial score (nSPS) is 12.9. The quantitative estimate of drug-likeness (QED) is 0.820. The van der Waals surface area contributed by atoms with E-state index in [1.165, 1.54) is 16.3 Å². The van der Waals surface area contributed by atoms with Gasteiger partial charge < -0.3 is 0 Å². The van der Waals surface area contributed by atoms with E-state index in [0.717, 1.165) is 6.42 Å². The van der Waals surface area contributed by atoms with E-state index in [2.05, 4.69) is 30.3 Å². The highest BCUT2D eigenvalue weighted by atomic mass is 16.1. The summed E-state index contributed by atoms with van der Waals surface area (Å²) in [4.78, 5) is 13.6. The number of hydrogen-bond acceptors (Lipinski definition) is 2. The number of nitrogens with zero attached hydrogens (tertiary/aromatic N) is 1. The van der Waals surface area contributed by atoms with Crippen LogP contribution in [0.3, 0.4) is 0 Å². The fourth-order valence-corrected chi connectivity index (χ4v) is 2.28. The second kappa shape index (κ2) is 5.32. The van der Waals surface area contributed by atoms with Gasteiger partial charge in [0.05, 0.1) is 6.04 Å². The molecule has 0 heterocycles. The number of carbonyl (C=O) groups is 1. The van der Waals surface area contributed by atoms with E-state index in [0.29, 0.717) is 0 Å². The first-order valence-corrected chi connectivity index (χ1v) is 6.22. The van der Waals surface area contributed by atoms with Crippen LogP contribution in [0.4, 0.5) is 0 Å². The third-order valence-electron chi connectivity index (χ3n) is 3.34. The van der Waals surface area contributed by atoms with E-state index in [4.69, 9.17) is 0 Å². The predicted octanol–water partition coefficient (Wildman–Crippen LogP) is 2.90. The van der Waals surface area contributed by atoms with Gasteiger partial charge in [-0.05, 0) is 43.8 Å². The molecular weight excluding hydrogens is 222 g/mol. The lowest BCUT2D eigenvalue weighted by Crippen LogP contribution is -2.36. The Kier molecular flexibility index (Phi) is 3.78. The first-order chi connectivity index (χ1) is 8.58. The van der Waals surface area contributed by atoms with Gasteiger partial charge in [-0.1, -0.05) is 42.5 Å². The van der Waals surface area contributed by atoms with Crippen LogP contribution in [0.1, 0.15) is 12.5 Å². The molecule has 2 nitrogen and oxygen atoms in total. The molecular formula is C16H19NO. The number of carbonyl (C=O) groups excluding carboxylic acids is 1. The Morgan fingerprint density at radius 1 is 1.11 bits per heavy atom. The Labute approximate surface area is 108 Å². The summed E-state index contributed by atoms with van der Waals surface area (Å²) in [6.45, 7) is 1.66. The average molecular weight is 241 g/mol. The van der Waals surface area contributed by atoms with Crippen LogP contribution in [0.2, 0.25) is 0 Å². The van der Waals surface area contributed by atoms with Gasteiger partial charge in [-0.3, -0.25) is 9.69 Å². The summed E-state index contributed by atoms with van der Waals surface area (Å²) in [6, 6.07) is 14.7. The molecule has 1 atom stereocenters. The fourth-order valence-electron chi connectivity index (χ4n) is 2.28. The maximum absolute atomic E-state index is 11.6. The molecule has 0 aliphatic carbocycles. The molecule has 2 aromatic carbocycles. The summed E-state index contributed by atoms with van der Waals surface area (Å²) in [5, 5.41) is 2.47. The lowest BCUT2D eigenvalue weighted by atomic mass is 9.99. The summed E-state index contributed by atoms with van der Waals surface area (Å²) < 4.78 is 0. The minimum absolute atomic E-state index is 0.0360. The molecule has 2 aromatic rings. The van der Waals surface area contributed by atoms with Crippen molar-refractivity contribution >= 4 is 16.6 Å². The smallest absolute Gasteiger partial charge is 0.147 e. The molecule has 0 aromatic heterocycles. The number of benzene rings is 2. The summed E-state index contributed by atoms with van der Waals surface area (Å²) in [6.07, 6.45) is 0.771. The molecule has 0 N–H and O–H groups in total. The van der Waals surface area contributed by atoms with Gasteiger partial charge in [-0.15, -0.1) is 0 Å². The molecule has 2 rings (SSSR count). The Bertz CT molecular complexity index is 560. The van der Waals surface area contributed by atoms with Crippen molar-refractivity contribution in [2.45, 2.75) is 19.4 Å². The molecule has 0 saturated heterocycles. The monoisotopic (exact) mass is 241 g/mol. The highest BCUT2D eigenvalue weighted by Gasteiger charge is 2.16. The van der Waals surface area contributed by atoms with Gasteiger partial charge in [0.15, 0.2) is 0 Å². The van der Waals surface area contributed by atoms with Crippen molar-refractivity contribution in [3.05, 3.63) is 48.0 Å². The van der Waals surface area contributed by atoms with Crippen molar-refractivity contribution in [2.24, 2.45) is 0 Å². The third kappa shape index (κ3) is 2.77. The Hall–Kier alpha value is -1.67. The minimum Gasteiger partial charge on any atom is -0.299 e. The molecule has 0 bridgehead atoms. The van der Waals surface area contributed by atoms with Gasteiger partial charge >= 0.3 is 0 Å². The zero-order valence-corrected chi connectivity index (χ0v) is 11.2. The van der Waals surface area contributed by atoms with E-state index in [-0.39, 0.29) is 11.8 Å². The van der Waals surface area contributed by atoms with Crippen LogP contribution in [0.15, 0.2) is 42.5 Å². The molecule has 2 heteroatoms. The van der Waals surface area contributed by atoms with Crippen LogP contribution in [0.5, 0.6) is 0 Å². The summed E-state index contributed by atoms with van der Waals surface area (Å²) >= 11 is 0. The number of fused-ring (bicyclic) bond motifs is 1. The van der Waals surface area contributed by atoms with Gasteiger partial charge in [0.1, 0.15) is 5.78 Å². The van der Waals surface area contributed by atoms with Crippen LogP contribution in [-0.4, -0.2) is 30.8 Å². The van der Waals surface area contributed by atoms with Crippen LogP contribution in [0.25, 0.3) is 10.8 Å². The molecule has 94 valence electrons. The zero-order valence-electron chi connectivity index (χ0n) is 11.2. The van der Waals surface area contributed by atoms with Crippen molar-refractivity contribution in [3.8, 4) is 0 Å². The SMILES string of the molecule is CC(=O)C(Cc1ccc2ccccc2c1)N(C)C. The van der Waals surface area contributed by atoms with Gasteiger partial charge in [0.2, 0.25) is 0 Å². The summed E-state index contributed by atoms with van der Waals surface area (Å²) in [5.41, 5.74) is 1.21. The minimum atomic E-state index is -0.0360. The summed E-state index contributed by atoms with van der Waals surface area (Å²) in [5.74, 6) is 0.216. The zero-order chi connectivity index (χ0) is 13.1. The van der Waals surface area contributed by atoms with Crippen LogP contribution >= 0.6 is 0 Å². The summed E-state index contributed by atoms with van der Waals surface area (Å²) in [7, 11) is 3.90. The first-order valence-electron chi connectivity index (χ1n) is 6.22. The van der Waals surface area contributed by atoms with Crippen molar-refractivity contribution in [1.29, 1.82) is 0 Å². The molecule has 0 aliphatic rings. The van der Waals surface area contributed by atoms with E-state index in [1.54, 1.807) is 6.92 Å². The Balaban J connectivity index is 2.28. The molecule has 0 saturated carbocycles. The maximum Gasteiger partial charge on any atom is 0.147 e. The predicted molar refractivity (Wildman–Crippen MR) is 75.8 cm³/mol. The molecule has 0 fully saturated rings. The molecule has 0 spiro atoms. The van der Waals surface area contributed by atoms with Crippen molar-refractivity contribution in [3.63, 3.8) is 0 Å². The molecule has 1 unspecified atom stereocenters.